The summed E-state index contributed by atoms with van der Waals surface area (Å²) in [5.74, 6) is -0.661. The first-order valence-electron chi connectivity index (χ1n) is 11.7. The standard InChI is InChI=1S/C23H33N4O9P/c1-5-33-20(30)14(2)26-37(32,36-15(3)16-9-7-6-8-10-16)34-13-17-19(29)23(4,24)21(35-17)27-12-11-18(28)25-22(27)31/h6-12,14-15,17,19,21,29H,5,13,24H2,1-4H3,(H,26,32)(H,25,28,31)/t14-,15-,17+,19+,21+,23+,37?/m0/s1. The van der Waals surface area contributed by atoms with Crippen LogP contribution in [0.15, 0.2) is 52.2 Å². The van der Waals surface area contributed by atoms with Gasteiger partial charge in [-0.25, -0.2) is 14.4 Å². The largest absolute Gasteiger partial charge is 0.465 e. The molecule has 37 heavy (non-hydrogen) atoms. The molecule has 14 heteroatoms. The molecule has 2 aromatic rings. The molecule has 1 aromatic heterocycles. The predicted octanol–water partition coefficient (Wildman–Crippen LogP) is 0.956. The summed E-state index contributed by atoms with van der Waals surface area (Å²) in [6.45, 7) is 5.87. The van der Waals surface area contributed by atoms with Crippen LogP contribution in [-0.2, 0) is 27.9 Å². The van der Waals surface area contributed by atoms with E-state index in [4.69, 9.17) is 24.3 Å². The molecule has 1 saturated heterocycles. The molecule has 5 N–H and O–H groups in total. The zero-order chi connectivity index (χ0) is 27.4. The second kappa shape index (κ2) is 11.8. The van der Waals surface area contributed by atoms with Crippen LogP contribution in [0.5, 0.6) is 0 Å². The van der Waals surface area contributed by atoms with Crippen molar-refractivity contribution in [2.24, 2.45) is 5.73 Å². The van der Waals surface area contributed by atoms with E-state index < -0.39 is 67.7 Å². The Morgan fingerprint density at radius 2 is 1.97 bits per heavy atom. The van der Waals surface area contributed by atoms with Gasteiger partial charge in [-0.3, -0.25) is 28.2 Å². The maximum Gasteiger partial charge on any atom is 0.406 e. The number of hydrogen-bond donors (Lipinski definition) is 4. The van der Waals surface area contributed by atoms with E-state index in [1.165, 1.54) is 20.0 Å². The molecule has 0 amide bonds. The molecule has 0 saturated carbocycles. The number of hydrogen-bond acceptors (Lipinski definition) is 10. The van der Waals surface area contributed by atoms with E-state index in [9.17, 15) is 24.1 Å². The maximum absolute atomic E-state index is 13.8. The summed E-state index contributed by atoms with van der Waals surface area (Å²) < 4.78 is 37.0. The lowest BCUT2D eigenvalue weighted by Crippen LogP contribution is -2.53. The number of carbonyl (C=O) groups is 1. The first-order valence-corrected chi connectivity index (χ1v) is 13.3. The van der Waals surface area contributed by atoms with Crippen molar-refractivity contribution in [1.82, 2.24) is 14.6 Å². The zero-order valence-corrected chi connectivity index (χ0v) is 21.9. The van der Waals surface area contributed by atoms with Crippen LogP contribution in [0.3, 0.4) is 0 Å². The van der Waals surface area contributed by atoms with E-state index in [0.29, 0.717) is 5.56 Å². The third-order valence-electron chi connectivity index (χ3n) is 5.90. The Morgan fingerprint density at radius 3 is 2.59 bits per heavy atom. The topological polar surface area (TPSA) is 184 Å². The highest BCUT2D eigenvalue weighted by Gasteiger charge is 2.52. The Bertz CT molecular complexity index is 1230. The fourth-order valence-electron chi connectivity index (χ4n) is 3.86. The number of rotatable bonds is 11. The van der Waals surface area contributed by atoms with Crippen molar-refractivity contribution in [3.8, 4) is 0 Å². The highest BCUT2D eigenvalue weighted by molar-refractivity contribution is 7.51. The lowest BCUT2D eigenvalue weighted by atomic mass is 9.93. The van der Waals surface area contributed by atoms with Gasteiger partial charge < -0.3 is 20.3 Å². The molecular formula is C23H33N4O9P. The minimum absolute atomic E-state index is 0.125. The second-order valence-corrected chi connectivity index (χ2v) is 10.6. The number of aromatic amines is 1. The van der Waals surface area contributed by atoms with Crippen LogP contribution in [0.4, 0.5) is 0 Å². The number of H-pyrrole nitrogens is 1. The number of aliphatic hydroxyl groups is 1. The minimum Gasteiger partial charge on any atom is -0.465 e. The summed E-state index contributed by atoms with van der Waals surface area (Å²) in [7, 11) is -4.20. The van der Waals surface area contributed by atoms with Crippen LogP contribution in [0.1, 0.15) is 45.6 Å². The molecule has 0 spiro atoms. The van der Waals surface area contributed by atoms with Gasteiger partial charge >= 0.3 is 19.4 Å². The van der Waals surface area contributed by atoms with Gasteiger partial charge in [0.15, 0.2) is 6.23 Å². The van der Waals surface area contributed by atoms with Gasteiger partial charge in [0.1, 0.15) is 18.2 Å². The van der Waals surface area contributed by atoms with Crippen molar-refractivity contribution in [3.05, 3.63) is 69.0 Å². The average molecular weight is 541 g/mol. The van der Waals surface area contributed by atoms with Crippen molar-refractivity contribution in [2.45, 2.75) is 63.8 Å². The first-order chi connectivity index (χ1) is 17.4. The van der Waals surface area contributed by atoms with E-state index in [1.54, 1.807) is 38.1 Å². The van der Waals surface area contributed by atoms with Crippen LogP contribution in [0.2, 0.25) is 0 Å². The maximum atomic E-state index is 13.8. The number of ether oxygens (including phenoxy) is 2. The first kappa shape index (κ1) is 28.9. The normalized spacial score (nSPS) is 26.8. The van der Waals surface area contributed by atoms with Gasteiger partial charge in [0, 0.05) is 12.3 Å². The number of nitrogens with zero attached hydrogens (tertiary/aromatic N) is 1. The molecule has 0 aliphatic carbocycles. The number of carbonyl (C=O) groups excluding carboxylic acids is 1. The third kappa shape index (κ3) is 6.82. The molecule has 1 aliphatic rings. The lowest BCUT2D eigenvalue weighted by molar-refractivity contribution is -0.144. The van der Waals surface area contributed by atoms with Gasteiger partial charge in [0.25, 0.3) is 5.56 Å². The van der Waals surface area contributed by atoms with Gasteiger partial charge in [-0.05, 0) is 33.3 Å². The van der Waals surface area contributed by atoms with E-state index >= 15 is 0 Å². The molecule has 1 unspecified atom stereocenters. The number of nitrogens with two attached hydrogens (primary N) is 1. The fourth-order valence-corrected chi connectivity index (χ4v) is 5.52. The van der Waals surface area contributed by atoms with Crippen molar-refractivity contribution < 1.29 is 33.0 Å². The number of esters is 1. The molecule has 13 nitrogen and oxygen atoms in total. The summed E-state index contributed by atoms with van der Waals surface area (Å²) in [5.41, 5.74) is 4.13. The van der Waals surface area contributed by atoms with Crippen molar-refractivity contribution >= 4 is 13.7 Å². The zero-order valence-electron chi connectivity index (χ0n) is 21.0. The van der Waals surface area contributed by atoms with Crippen LogP contribution < -0.4 is 22.1 Å². The Hall–Kier alpha value is -2.64. The number of aromatic nitrogens is 2. The van der Waals surface area contributed by atoms with Gasteiger partial charge in [-0.1, -0.05) is 30.3 Å². The minimum atomic E-state index is -4.20. The lowest BCUT2D eigenvalue weighted by Gasteiger charge is -2.29. The molecule has 1 aromatic carbocycles. The smallest absolute Gasteiger partial charge is 0.406 e. The van der Waals surface area contributed by atoms with Crippen molar-refractivity contribution in [3.63, 3.8) is 0 Å². The third-order valence-corrected chi connectivity index (χ3v) is 7.68. The molecular weight excluding hydrogens is 507 g/mol. The number of benzene rings is 1. The van der Waals surface area contributed by atoms with Crippen molar-refractivity contribution in [2.75, 3.05) is 13.2 Å². The van der Waals surface area contributed by atoms with E-state index in [2.05, 4.69) is 10.1 Å². The monoisotopic (exact) mass is 540 g/mol. The predicted molar refractivity (Wildman–Crippen MR) is 133 cm³/mol. The molecule has 0 bridgehead atoms. The molecule has 204 valence electrons. The molecule has 3 rings (SSSR count). The van der Waals surface area contributed by atoms with E-state index in [-0.39, 0.29) is 6.61 Å². The van der Waals surface area contributed by atoms with Crippen LogP contribution in [-0.4, -0.2) is 57.6 Å². The molecule has 1 aliphatic heterocycles. The quantitative estimate of drug-likeness (QED) is 0.235. The van der Waals surface area contributed by atoms with E-state index in [0.717, 1.165) is 10.6 Å². The van der Waals surface area contributed by atoms with Gasteiger partial charge in [0.2, 0.25) is 0 Å². The Kier molecular flexibility index (Phi) is 9.24. The highest BCUT2D eigenvalue weighted by Crippen LogP contribution is 2.50. The SMILES string of the molecule is CCOC(=O)[C@H](C)NP(=O)(OC[C@H]1O[C@@H](n2ccc(=O)[nH]c2=O)[C@](C)(N)[C@@H]1O)O[C@@H](C)c1ccccc1. The highest BCUT2D eigenvalue weighted by atomic mass is 31.2. The molecule has 7 atom stereocenters. The van der Waals surface area contributed by atoms with Crippen LogP contribution >= 0.6 is 7.75 Å². The van der Waals surface area contributed by atoms with Crippen LogP contribution in [0.25, 0.3) is 0 Å². The van der Waals surface area contributed by atoms with Crippen molar-refractivity contribution in [1.29, 1.82) is 0 Å². The molecule has 0 radical (unpaired) electrons. The van der Waals surface area contributed by atoms with Gasteiger partial charge in [0.05, 0.1) is 24.9 Å². The average Bonchev–Trinajstić information content (AvgIpc) is 3.07. The molecule has 1 fully saturated rings. The molecule has 2 heterocycles. The Morgan fingerprint density at radius 1 is 1.30 bits per heavy atom. The summed E-state index contributed by atoms with van der Waals surface area (Å²) in [6.07, 6.45) is -3.17. The Balaban J connectivity index is 1.80. The summed E-state index contributed by atoms with van der Waals surface area (Å²) in [5, 5.41) is 13.4. The Labute approximate surface area is 213 Å². The fraction of sp³-hybridized carbons (Fsp3) is 0.522. The summed E-state index contributed by atoms with van der Waals surface area (Å²) in [6, 6.07) is 9.03. The second-order valence-electron chi connectivity index (χ2n) is 8.91. The summed E-state index contributed by atoms with van der Waals surface area (Å²) in [4.78, 5) is 38.0. The van der Waals surface area contributed by atoms with Gasteiger partial charge in [-0.15, -0.1) is 0 Å². The van der Waals surface area contributed by atoms with Crippen LogP contribution in [0, 0.1) is 0 Å². The number of aliphatic hydroxyl groups excluding tert-OH is 1. The van der Waals surface area contributed by atoms with E-state index in [1.807, 2.05) is 6.07 Å². The summed E-state index contributed by atoms with van der Waals surface area (Å²) >= 11 is 0. The number of nitrogens with one attached hydrogen (secondary N) is 2. The van der Waals surface area contributed by atoms with Gasteiger partial charge in [-0.2, -0.15) is 0 Å².